The Morgan fingerprint density at radius 2 is 0.721 bits per heavy atom. The SMILES string of the molecule is c1ccc(-c2ccc(N(c3ccc(-c4nc5ccccc5s4)cc3)c3ccc(-c4nc5ccccc5s4)cc3)cc2)cc1. The van der Waals surface area contributed by atoms with Crippen LogP contribution in [0.15, 0.2) is 152 Å². The van der Waals surface area contributed by atoms with Gasteiger partial charge in [-0.25, -0.2) is 9.97 Å². The van der Waals surface area contributed by atoms with Gasteiger partial charge in [-0.1, -0.05) is 66.7 Å². The molecule has 6 aromatic carbocycles. The van der Waals surface area contributed by atoms with Crippen molar-refractivity contribution in [2.45, 2.75) is 0 Å². The predicted molar refractivity (Wildman–Crippen MR) is 184 cm³/mol. The summed E-state index contributed by atoms with van der Waals surface area (Å²) in [7, 11) is 0. The van der Waals surface area contributed by atoms with Gasteiger partial charge in [0.05, 0.1) is 20.4 Å². The number of fused-ring (bicyclic) bond motifs is 2. The minimum Gasteiger partial charge on any atom is -0.311 e. The minimum absolute atomic E-state index is 1.03. The number of hydrogen-bond acceptors (Lipinski definition) is 5. The fraction of sp³-hybridized carbons (Fsp3) is 0. The van der Waals surface area contributed by atoms with Gasteiger partial charge in [-0.3, -0.25) is 0 Å². The Hall–Kier alpha value is -5.10. The van der Waals surface area contributed by atoms with Gasteiger partial charge in [0, 0.05) is 28.2 Å². The average molecular weight is 588 g/mol. The van der Waals surface area contributed by atoms with Gasteiger partial charge in [0.25, 0.3) is 0 Å². The van der Waals surface area contributed by atoms with Crippen LogP contribution in [-0.4, -0.2) is 9.97 Å². The zero-order chi connectivity index (χ0) is 28.6. The topological polar surface area (TPSA) is 29.0 Å². The van der Waals surface area contributed by atoms with Crippen molar-refractivity contribution < 1.29 is 0 Å². The monoisotopic (exact) mass is 587 g/mol. The number of nitrogens with zero attached hydrogens (tertiary/aromatic N) is 3. The van der Waals surface area contributed by atoms with Crippen LogP contribution < -0.4 is 4.90 Å². The van der Waals surface area contributed by atoms with Gasteiger partial charge in [0.15, 0.2) is 0 Å². The molecule has 0 saturated heterocycles. The van der Waals surface area contributed by atoms with Crippen LogP contribution in [0.3, 0.4) is 0 Å². The summed E-state index contributed by atoms with van der Waals surface area (Å²) in [5.41, 5.74) is 10.0. The maximum Gasteiger partial charge on any atom is 0.124 e. The molecule has 0 radical (unpaired) electrons. The van der Waals surface area contributed by atoms with E-state index in [1.807, 2.05) is 12.1 Å². The number of hydrogen-bond donors (Lipinski definition) is 0. The molecule has 0 atom stereocenters. The van der Waals surface area contributed by atoms with Gasteiger partial charge in [0.1, 0.15) is 10.0 Å². The number of anilines is 3. The van der Waals surface area contributed by atoms with E-state index in [4.69, 9.17) is 9.97 Å². The molecule has 0 aliphatic rings. The lowest BCUT2D eigenvalue weighted by Gasteiger charge is -2.26. The van der Waals surface area contributed by atoms with E-state index < -0.39 is 0 Å². The molecule has 0 aliphatic carbocycles. The lowest BCUT2D eigenvalue weighted by molar-refractivity contribution is 1.28. The van der Waals surface area contributed by atoms with Crippen molar-refractivity contribution in [3.05, 3.63) is 152 Å². The molecule has 0 N–H and O–H groups in total. The van der Waals surface area contributed by atoms with Crippen LogP contribution in [0.2, 0.25) is 0 Å². The zero-order valence-corrected chi connectivity index (χ0v) is 24.7. The highest BCUT2D eigenvalue weighted by molar-refractivity contribution is 7.22. The normalized spacial score (nSPS) is 11.3. The second-order valence-electron chi connectivity index (χ2n) is 10.3. The molecule has 0 saturated carbocycles. The molecule has 0 amide bonds. The van der Waals surface area contributed by atoms with E-state index >= 15 is 0 Å². The van der Waals surface area contributed by atoms with E-state index in [-0.39, 0.29) is 0 Å². The smallest absolute Gasteiger partial charge is 0.124 e. The Bertz CT molecular complexity index is 1980. The highest BCUT2D eigenvalue weighted by Gasteiger charge is 2.15. The van der Waals surface area contributed by atoms with Crippen molar-refractivity contribution >= 4 is 60.2 Å². The van der Waals surface area contributed by atoms with E-state index in [9.17, 15) is 0 Å². The molecule has 2 heterocycles. The number of thiazole rings is 2. The molecule has 2 aromatic heterocycles. The summed E-state index contributed by atoms with van der Waals surface area (Å²) in [6.45, 7) is 0. The molecule has 0 unspecified atom stereocenters. The third-order valence-electron chi connectivity index (χ3n) is 7.57. The summed E-state index contributed by atoms with van der Waals surface area (Å²) in [5.74, 6) is 0. The molecule has 5 heteroatoms. The Morgan fingerprint density at radius 1 is 0.349 bits per heavy atom. The molecule has 8 aromatic rings. The van der Waals surface area contributed by atoms with Crippen molar-refractivity contribution in [3.8, 4) is 32.3 Å². The summed E-state index contributed by atoms with van der Waals surface area (Å²) >= 11 is 3.46. The fourth-order valence-corrected chi connectivity index (χ4v) is 7.32. The van der Waals surface area contributed by atoms with Crippen LogP contribution in [0.1, 0.15) is 0 Å². The van der Waals surface area contributed by atoms with E-state index in [0.29, 0.717) is 0 Å². The van der Waals surface area contributed by atoms with Crippen LogP contribution in [0.5, 0.6) is 0 Å². The van der Waals surface area contributed by atoms with Crippen LogP contribution in [0.4, 0.5) is 17.1 Å². The number of para-hydroxylation sites is 2. The minimum atomic E-state index is 1.03. The first-order valence-corrected chi connectivity index (χ1v) is 15.8. The van der Waals surface area contributed by atoms with Crippen molar-refractivity contribution in [1.82, 2.24) is 9.97 Å². The predicted octanol–water partition coefficient (Wildman–Crippen LogP) is 11.4. The van der Waals surface area contributed by atoms with Crippen molar-refractivity contribution in [2.24, 2.45) is 0 Å². The maximum atomic E-state index is 4.87. The molecule has 0 bridgehead atoms. The molecule has 43 heavy (non-hydrogen) atoms. The zero-order valence-electron chi connectivity index (χ0n) is 23.1. The maximum absolute atomic E-state index is 4.87. The van der Waals surface area contributed by atoms with Crippen molar-refractivity contribution in [1.29, 1.82) is 0 Å². The summed E-state index contributed by atoms with van der Waals surface area (Å²) in [6.07, 6.45) is 0. The molecule has 3 nitrogen and oxygen atoms in total. The molecule has 0 aliphatic heterocycles. The molecule has 8 rings (SSSR count). The van der Waals surface area contributed by atoms with Gasteiger partial charge in [-0.15, -0.1) is 22.7 Å². The van der Waals surface area contributed by atoms with Gasteiger partial charge in [-0.2, -0.15) is 0 Å². The second-order valence-corrected chi connectivity index (χ2v) is 12.4. The Morgan fingerprint density at radius 3 is 1.16 bits per heavy atom. The van der Waals surface area contributed by atoms with Crippen molar-refractivity contribution in [2.75, 3.05) is 4.90 Å². The highest BCUT2D eigenvalue weighted by atomic mass is 32.1. The quantitative estimate of drug-likeness (QED) is 0.194. The Balaban J connectivity index is 1.17. The largest absolute Gasteiger partial charge is 0.311 e. The van der Waals surface area contributed by atoms with Gasteiger partial charge in [0.2, 0.25) is 0 Å². The molecule has 204 valence electrons. The van der Waals surface area contributed by atoms with Crippen LogP contribution in [0, 0.1) is 0 Å². The average Bonchev–Trinajstić information content (AvgIpc) is 3.71. The lowest BCUT2D eigenvalue weighted by atomic mass is 10.0. The van der Waals surface area contributed by atoms with Crippen molar-refractivity contribution in [3.63, 3.8) is 0 Å². The Labute approximate surface area is 258 Å². The molecule has 0 spiro atoms. The summed E-state index contributed by atoms with van der Waals surface area (Å²) in [4.78, 5) is 12.0. The third-order valence-corrected chi connectivity index (χ3v) is 9.74. The Kier molecular flexibility index (Phi) is 6.52. The second kappa shape index (κ2) is 11.0. The van der Waals surface area contributed by atoms with Gasteiger partial charge < -0.3 is 4.90 Å². The van der Waals surface area contributed by atoms with Gasteiger partial charge in [-0.05, 0) is 96.1 Å². The first-order chi connectivity index (χ1) is 21.3. The van der Waals surface area contributed by atoms with E-state index in [2.05, 4.69) is 144 Å². The molecular weight excluding hydrogens is 563 g/mol. The first kappa shape index (κ1) is 25.6. The number of aromatic nitrogens is 2. The summed E-state index contributed by atoms with van der Waals surface area (Å²) in [6, 6.07) is 53.4. The van der Waals surface area contributed by atoms with E-state index in [1.165, 1.54) is 20.5 Å². The third kappa shape index (κ3) is 4.99. The molecule has 0 fully saturated rings. The fourth-order valence-electron chi connectivity index (χ4n) is 5.38. The van der Waals surface area contributed by atoms with Crippen LogP contribution in [0.25, 0.3) is 52.7 Å². The van der Waals surface area contributed by atoms with E-state index in [0.717, 1.165) is 49.2 Å². The molecular formula is C38H25N3S2. The van der Waals surface area contributed by atoms with Crippen LogP contribution in [-0.2, 0) is 0 Å². The first-order valence-electron chi connectivity index (χ1n) is 14.2. The number of benzene rings is 6. The summed E-state index contributed by atoms with van der Waals surface area (Å²) in [5, 5.41) is 2.07. The highest BCUT2D eigenvalue weighted by Crippen LogP contribution is 2.39. The lowest BCUT2D eigenvalue weighted by Crippen LogP contribution is -2.09. The van der Waals surface area contributed by atoms with Gasteiger partial charge >= 0.3 is 0 Å². The standard InChI is InChI=1S/C38H25N3S2/c1-2-8-26(9-3-1)27-14-20-30(21-15-27)41(31-22-16-28(17-23-31)37-39-33-10-4-6-12-35(33)42-37)32-24-18-29(19-25-32)38-40-34-11-5-7-13-36(34)43-38/h1-25H. The van der Waals surface area contributed by atoms with E-state index in [1.54, 1.807) is 22.7 Å². The van der Waals surface area contributed by atoms with Crippen LogP contribution >= 0.6 is 22.7 Å². The summed E-state index contributed by atoms with van der Waals surface area (Å²) < 4.78 is 2.41. The number of rotatable bonds is 6.